The third kappa shape index (κ3) is 2.12. The van der Waals surface area contributed by atoms with Gasteiger partial charge in [-0.25, -0.2) is 0 Å². The number of hydrogen-bond acceptors (Lipinski definition) is 1. The van der Waals surface area contributed by atoms with Crippen molar-refractivity contribution in [1.82, 2.24) is 0 Å². The van der Waals surface area contributed by atoms with Crippen molar-refractivity contribution in [1.29, 1.82) is 0 Å². The Morgan fingerprint density at radius 2 is 1.92 bits per heavy atom. The molecule has 64 valence electrons. The summed E-state index contributed by atoms with van der Waals surface area (Å²) in [7, 11) is 0. The van der Waals surface area contributed by atoms with E-state index in [1.165, 1.54) is 5.56 Å². The summed E-state index contributed by atoms with van der Waals surface area (Å²) in [6.45, 7) is 4.16. The Labute approximate surface area is 73.9 Å². The molecule has 1 aromatic rings. The molecule has 0 saturated carbocycles. The summed E-state index contributed by atoms with van der Waals surface area (Å²) in [4.78, 5) is 0. The summed E-state index contributed by atoms with van der Waals surface area (Å²) in [6, 6.07) is 8.25. The zero-order chi connectivity index (χ0) is 8.97. The van der Waals surface area contributed by atoms with Gasteiger partial charge < -0.3 is 5.73 Å². The van der Waals surface area contributed by atoms with Crippen molar-refractivity contribution in [2.24, 2.45) is 5.73 Å². The minimum Gasteiger partial charge on any atom is -0.399 e. The molecule has 0 radical (unpaired) electrons. The van der Waals surface area contributed by atoms with Crippen molar-refractivity contribution in [2.75, 3.05) is 0 Å². The molecule has 12 heavy (non-hydrogen) atoms. The van der Waals surface area contributed by atoms with Crippen LogP contribution in [-0.2, 0) is 0 Å². The van der Waals surface area contributed by atoms with Crippen LogP contribution < -0.4 is 5.73 Å². The van der Waals surface area contributed by atoms with Gasteiger partial charge >= 0.3 is 0 Å². The zero-order valence-electron chi connectivity index (χ0n) is 7.67. The highest BCUT2D eigenvalue weighted by atomic mass is 14.6. The lowest BCUT2D eigenvalue weighted by Crippen LogP contribution is -1.95. The SMILES string of the molecule is CC/C=C(\N)c1ccc(C)cc1. The molecular weight excluding hydrogens is 146 g/mol. The molecule has 0 spiro atoms. The second-order valence-corrected chi connectivity index (χ2v) is 2.93. The predicted molar refractivity (Wildman–Crippen MR) is 53.6 cm³/mol. The summed E-state index contributed by atoms with van der Waals surface area (Å²) < 4.78 is 0. The molecule has 0 aliphatic heterocycles. The smallest absolute Gasteiger partial charge is 0.0346 e. The Balaban J connectivity index is 2.89. The molecule has 1 aromatic carbocycles. The second-order valence-electron chi connectivity index (χ2n) is 2.93. The van der Waals surface area contributed by atoms with Crippen molar-refractivity contribution >= 4 is 5.70 Å². The standard InChI is InChI=1S/C11H15N/c1-3-4-11(12)10-7-5-9(2)6-8-10/h4-8H,3,12H2,1-2H3/b11-4-. The number of aryl methyl sites for hydroxylation is 1. The molecular formula is C11H15N. The molecule has 0 saturated heterocycles. The Morgan fingerprint density at radius 3 is 2.42 bits per heavy atom. The average Bonchev–Trinajstić information content (AvgIpc) is 2.06. The van der Waals surface area contributed by atoms with Crippen LogP contribution in [0.1, 0.15) is 24.5 Å². The number of allylic oxidation sites excluding steroid dienone is 1. The summed E-state index contributed by atoms with van der Waals surface area (Å²) >= 11 is 0. The maximum Gasteiger partial charge on any atom is 0.0346 e. The van der Waals surface area contributed by atoms with Crippen molar-refractivity contribution < 1.29 is 0 Å². The first kappa shape index (κ1) is 8.85. The van der Waals surface area contributed by atoms with Gasteiger partial charge in [-0.1, -0.05) is 42.8 Å². The average molecular weight is 161 g/mol. The summed E-state index contributed by atoms with van der Waals surface area (Å²) in [5.74, 6) is 0. The molecule has 0 bridgehead atoms. The maximum atomic E-state index is 5.82. The lowest BCUT2D eigenvalue weighted by atomic mass is 10.1. The van der Waals surface area contributed by atoms with E-state index in [1.54, 1.807) is 0 Å². The van der Waals surface area contributed by atoms with Crippen molar-refractivity contribution in [3.05, 3.63) is 41.5 Å². The molecule has 0 aliphatic carbocycles. The summed E-state index contributed by atoms with van der Waals surface area (Å²) in [6.07, 6.45) is 3.02. The molecule has 0 aromatic heterocycles. The fourth-order valence-electron chi connectivity index (χ4n) is 1.08. The third-order valence-electron chi connectivity index (χ3n) is 1.81. The number of hydrogen-bond donors (Lipinski definition) is 1. The first-order chi connectivity index (χ1) is 5.74. The molecule has 1 heteroatoms. The van der Waals surface area contributed by atoms with Crippen LogP contribution in [0.3, 0.4) is 0 Å². The van der Waals surface area contributed by atoms with Crippen LogP contribution in [0.4, 0.5) is 0 Å². The minimum atomic E-state index is 0.873. The summed E-state index contributed by atoms with van der Waals surface area (Å²) in [5.41, 5.74) is 9.07. The fourth-order valence-corrected chi connectivity index (χ4v) is 1.08. The van der Waals surface area contributed by atoms with Crippen LogP contribution in [-0.4, -0.2) is 0 Å². The van der Waals surface area contributed by atoms with E-state index in [-0.39, 0.29) is 0 Å². The highest BCUT2D eigenvalue weighted by Gasteiger charge is 1.93. The monoisotopic (exact) mass is 161 g/mol. The molecule has 0 fully saturated rings. The van der Waals surface area contributed by atoms with Gasteiger partial charge in [-0.05, 0) is 18.9 Å². The van der Waals surface area contributed by atoms with Crippen molar-refractivity contribution in [2.45, 2.75) is 20.3 Å². The van der Waals surface area contributed by atoms with E-state index in [4.69, 9.17) is 5.73 Å². The largest absolute Gasteiger partial charge is 0.399 e. The number of benzene rings is 1. The van der Waals surface area contributed by atoms with Gasteiger partial charge in [0.25, 0.3) is 0 Å². The number of rotatable bonds is 2. The topological polar surface area (TPSA) is 26.0 Å². The first-order valence-corrected chi connectivity index (χ1v) is 4.26. The van der Waals surface area contributed by atoms with Gasteiger partial charge in [0.2, 0.25) is 0 Å². The van der Waals surface area contributed by atoms with Crippen LogP contribution in [0.25, 0.3) is 5.70 Å². The van der Waals surface area contributed by atoms with Gasteiger partial charge in [0.05, 0.1) is 0 Å². The van der Waals surface area contributed by atoms with E-state index in [0.29, 0.717) is 0 Å². The molecule has 1 rings (SSSR count). The van der Waals surface area contributed by atoms with Gasteiger partial charge in [-0.15, -0.1) is 0 Å². The molecule has 0 atom stereocenters. The van der Waals surface area contributed by atoms with Gasteiger partial charge in [-0.2, -0.15) is 0 Å². The lowest BCUT2D eigenvalue weighted by Gasteiger charge is -2.00. The van der Waals surface area contributed by atoms with Crippen LogP contribution in [0.15, 0.2) is 30.3 Å². The second kappa shape index (κ2) is 3.96. The third-order valence-corrected chi connectivity index (χ3v) is 1.81. The Bertz CT molecular complexity index is 270. The van der Waals surface area contributed by atoms with Gasteiger partial charge in [0, 0.05) is 5.70 Å². The van der Waals surface area contributed by atoms with Gasteiger partial charge in [0.15, 0.2) is 0 Å². The lowest BCUT2D eigenvalue weighted by molar-refractivity contribution is 1.22. The normalized spacial score (nSPS) is 11.7. The highest BCUT2D eigenvalue weighted by Crippen LogP contribution is 2.10. The molecule has 2 N–H and O–H groups in total. The predicted octanol–water partition coefficient (Wildman–Crippen LogP) is 2.70. The Morgan fingerprint density at radius 1 is 1.33 bits per heavy atom. The zero-order valence-corrected chi connectivity index (χ0v) is 7.67. The van der Waals surface area contributed by atoms with E-state index in [1.807, 2.05) is 6.08 Å². The van der Waals surface area contributed by atoms with Gasteiger partial charge in [-0.3, -0.25) is 0 Å². The minimum absolute atomic E-state index is 0.873. The highest BCUT2D eigenvalue weighted by molar-refractivity contribution is 5.62. The van der Waals surface area contributed by atoms with Crippen LogP contribution in [0.5, 0.6) is 0 Å². The molecule has 0 heterocycles. The van der Waals surface area contributed by atoms with E-state index in [9.17, 15) is 0 Å². The van der Waals surface area contributed by atoms with Gasteiger partial charge in [0.1, 0.15) is 0 Å². The van der Waals surface area contributed by atoms with E-state index < -0.39 is 0 Å². The van der Waals surface area contributed by atoms with Crippen LogP contribution >= 0.6 is 0 Å². The molecule has 0 aliphatic rings. The Hall–Kier alpha value is -1.24. The maximum absolute atomic E-state index is 5.82. The molecule has 0 amide bonds. The summed E-state index contributed by atoms with van der Waals surface area (Å²) in [5, 5.41) is 0. The molecule has 0 unspecified atom stereocenters. The van der Waals surface area contributed by atoms with E-state index in [0.717, 1.165) is 17.7 Å². The first-order valence-electron chi connectivity index (χ1n) is 4.26. The van der Waals surface area contributed by atoms with Crippen molar-refractivity contribution in [3.63, 3.8) is 0 Å². The van der Waals surface area contributed by atoms with Crippen molar-refractivity contribution in [3.8, 4) is 0 Å². The van der Waals surface area contributed by atoms with Crippen LogP contribution in [0.2, 0.25) is 0 Å². The fraction of sp³-hybridized carbons (Fsp3) is 0.273. The quantitative estimate of drug-likeness (QED) is 0.709. The van der Waals surface area contributed by atoms with E-state index in [2.05, 4.69) is 38.1 Å². The molecule has 1 nitrogen and oxygen atoms in total. The Kier molecular flexibility index (Phi) is 2.92. The van der Waals surface area contributed by atoms with E-state index >= 15 is 0 Å². The van der Waals surface area contributed by atoms with Crippen LogP contribution in [0, 0.1) is 6.92 Å². The number of nitrogens with two attached hydrogens (primary N) is 1.